The van der Waals surface area contributed by atoms with Crippen molar-refractivity contribution in [2.75, 3.05) is 32.0 Å². The van der Waals surface area contributed by atoms with Gasteiger partial charge in [0.25, 0.3) is 0 Å². The Hall–Kier alpha value is -1.99. The van der Waals surface area contributed by atoms with Crippen LogP contribution >= 0.6 is 11.8 Å². The van der Waals surface area contributed by atoms with Gasteiger partial charge in [-0.25, -0.2) is 0 Å². The van der Waals surface area contributed by atoms with Gasteiger partial charge >= 0.3 is 6.18 Å². The van der Waals surface area contributed by atoms with Crippen LogP contribution in [0.2, 0.25) is 0 Å². The van der Waals surface area contributed by atoms with E-state index in [1.807, 2.05) is 12.1 Å². The zero-order valence-corrected chi connectivity index (χ0v) is 16.7. The van der Waals surface area contributed by atoms with E-state index in [1.54, 1.807) is 30.0 Å². The number of hydrogen-bond acceptors (Lipinski definition) is 4. The van der Waals surface area contributed by atoms with E-state index >= 15 is 0 Å². The molecule has 1 unspecified atom stereocenters. The van der Waals surface area contributed by atoms with Crippen molar-refractivity contribution in [3.05, 3.63) is 59.2 Å². The first-order valence-corrected chi connectivity index (χ1v) is 10.7. The molecular weight excluding hydrogens is 399 g/mol. The molecule has 7 heteroatoms. The summed E-state index contributed by atoms with van der Waals surface area (Å²) in [6, 6.07) is 11.4. The van der Waals surface area contributed by atoms with Crippen LogP contribution in [-0.4, -0.2) is 42.7 Å². The molecule has 0 amide bonds. The molecule has 0 saturated carbocycles. The van der Waals surface area contributed by atoms with Gasteiger partial charge in [0.05, 0.1) is 12.2 Å². The van der Waals surface area contributed by atoms with Gasteiger partial charge in [-0.05, 0) is 42.6 Å². The number of fused-ring (bicyclic) bond motifs is 1. The molecule has 2 aromatic rings. The van der Waals surface area contributed by atoms with Crippen molar-refractivity contribution < 1.29 is 22.7 Å². The number of nitrogens with zero attached hydrogens (tertiary/aromatic N) is 1. The molecule has 0 bridgehead atoms. The summed E-state index contributed by atoms with van der Waals surface area (Å²) in [6.45, 7) is 2.44. The lowest BCUT2D eigenvalue weighted by molar-refractivity contribution is -0.138. The van der Waals surface area contributed by atoms with E-state index in [9.17, 15) is 18.0 Å². The molecule has 2 aromatic carbocycles. The maximum Gasteiger partial charge on any atom is 0.416 e. The van der Waals surface area contributed by atoms with Crippen molar-refractivity contribution in [2.45, 2.75) is 29.8 Å². The minimum absolute atomic E-state index is 0.0334. The maximum absolute atomic E-state index is 13.3. The molecule has 2 aliphatic rings. The largest absolute Gasteiger partial charge is 0.492 e. The van der Waals surface area contributed by atoms with Gasteiger partial charge in [-0.3, -0.25) is 4.79 Å². The molecule has 0 N–H and O–H groups in total. The minimum Gasteiger partial charge on any atom is -0.492 e. The topological polar surface area (TPSA) is 29.5 Å². The van der Waals surface area contributed by atoms with E-state index in [2.05, 4.69) is 4.90 Å². The van der Waals surface area contributed by atoms with E-state index in [-0.39, 0.29) is 11.7 Å². The molecule has 2 heterocycles. The first kappa shape index (κ1) is 20.3. The predicted molar refractivity (Wildman–Crippen MR) is 107 cm³/mol. The Morgan fingerprint density at radius 3 is 2.86 bits per heavy atom. The summed E-state index contributed by atoms with van der Waals surface area (Å²) in [5.74, 6) is 1.55. The number of rotatable bonds is 5. The van der Waals surface area contributed by atoms with E-state index < -0.39 is 11.7 Å². The van der Waals surface area contributed by atoms with Crippen LogP contribution in [0.25, 0.3) is 0 Å². The van der Waals surface area contributed by atoms with Gasteiger partial charge in [-0.15, -0.1) is 11.8 Å². The molecule has 154 valence electrons. The summed E-state index contributed by atoms with van der Waals surface area (Å²) in [5, 5.41) is 0. The van der Waals surface area contributed by atoms with Gasteiger partial charge in [0.1, 0.15) is 5.75 Å². The first-order valence-electron chi connectivity index (χ1n) is 9.73. The Morgan fingerprint density at radius 1 is 1.21 bits per heavy atom. The highest BCUT2D eigenvalue weighted by atomic mass is 32.2. The number of halogens is 3. The summed E-state index contributed by atoms with van der Waals surface area (Å²) in [4.78, 5) is 15.7. The summed E-state index contributed by atoms with van der Waals surface area (Å²) in [7, 11) is 0. The lowest BCUT2D eigenvalue weighted by Crippen LogP contribution is -2.24. The lowest BCUT2D eigenvalue weighted by atomic mass is 9.93. The Bertz CT molecular complexity index is 900. The molecule has 1 atom stereocenters. The van der Waals surface area contributed by atoms with Crippen molar-refractivity contribution in [3.8, 4) is 5.75 Å². The smallest absolute Gasteiger partial charge is 0.416 e. The third kappa shape index (κ3) is 4.61. The van der Waals surface area contributed by atoms with Gasteiger partial charge in [-0.2, -0.15) is 13.2 Å². The Labute approximate surface area is 172 Å². The SMILES string of the molecule is O=C(CCN1CCC(c2ccccc2C(F)(F)F)C1)c1ccc2c(c1)OCCS2. The summed E-state index contributed by atoms with van der Waals surface area (Å²) in [5.41, 5.74) is 0.442. The van der Waals surface area contributed by atoms with Crippen molar-refractivity contribution in [1.29, 1.82) is 0 Å². The fourth-order valence-corrected chi connectivity index (χ4v) is 4.83. The number of Topliss-reactive ketones (excluding diaryl/α,β-unsaturated/α-hetero) is 1. The second kappa shape index (κ2) is 8.40. The van der Waals surface area contributed by atoms with Crippen molar-refractivity contribution in [2.24, 2.45) is 0 Å². The van der Waals surface area contributed by atoms with Gasteiger partial charge < -0.3 is 9.64 Å². The highest BCUT2D eigenvalue weighted by Crippen LogP contribution is 2.38. The highest BCUT2D eigenvalue weighted by Gasteiger charge is 2.36. The van der Waals surface area contributed by atoms with Gasteiger partial charge in [0.15, 0.2) is 5.78 Å². The van der Waals surface area contributed by atoms with E-state index in [4.69, 9.17) is 4.74 Å². The molecule has 0 spiro atoms. The van der Waals surface area contributed by atoms with E-state index in [0.29, 0.717) is 50.2 Å². The third-order valence-electron chi connectivity index (χ3n) is 5.50. The van der Waals surface area contributed by atoms with Crippen LogP contribution in [-0.2, 0) is 6.18 Å². The molecule has 29 heavy (non-hydrogen) atoms. The number of carbonyl (C=O) groups is 1. The van der Waals surface area contributed by atoms with Crippen LogP contribution in [0.5, 0.6) is 5.75 Å². The molecule has 0 aliphatic carbocycles. The predicted octanol–water partition coefficient (Wildman–Crippen LogP) is 5.25. The molecule has 3 nitrogen and oxygen atoms in total. The van der Waals surface area contributed by atoms with Gasteiger partial charge in [-0.1, -0.05) is 24.3 Å². The number of thioether (sulfide) groups is 1. The number of likely N-dealkylation sites (tertiary alicyclic amines) is 1. The standard InChI is InChI=1S/C22H22F3NO2S/c23-22(24,25)18-4-2-1-3-17(18)16-7-9-26(14-16)10-8-19(27)15-5-6-21-20(13-15)28-11-12-29-21/h1-6,13,16H,7-12,14H2. The number of alkyl halides is 3. The molecule has 2 aliphatic heterocycles. The summed E-state index contributed by atoms with van der Waals surface area (Å²) in [6.07, 6.45) is -3.32. The quantitative estimate of drug-likeness (QED) is 0.617. The minimum atomic E-state index is -4.34. The second-order valence-corrected chi connectivity index (χ2v) is 8.54. The third-order valence-corrected chi connectivity index (χ3v) is 6.52. The Morgan fingerprint density at radius 2 is 2.03 bits per heavy atom. The van der Waals surface area contributed by atoms with Crippen LogP contribution in [0.15, 0.2) is 47.4 Å². The molecular formula is C22H22F3NO2S. The van der Waals surface area contributed by atoms with Crippen molar-refractivity contribution >= 4 is 17.5 Å². The molecule has 0 aromatic heterocycles. The number of ketones is 1. The molecule has 0 radical (unpaired) electrons. The summed E-state index contributed by atoms with van der Waals surface area (Å²) < 4.78 is 45.5. The van der Waals surface area contributed by atoms with E-state index in [0.717, 1.165) is 22.5 Å². The van der Waals surface area contributed by atoms with Crippen LogP contribution in [0, 0.1) is 0 Å². The Kier molecular flexibility index (Phi) is 5.88. The van der Waals surface area contributed by atoms with Gasteiger partial charge in [0.2, 0.25) is 0 Å². The van der Waals surface area contributed by atoms with Crippen LogP contribution in [0.1, 0.15) is 40.2 Å². The van der Waals surface area contributed by atoms with Gasteiger partial charge in [0, 0.05) is 35.7 Å². The number of ether oxygens (including phenoxy) is 1. The fourth-order valence-electron chi connectivity index (χ4n) is 4.02. The van der Waals surface area contributed by atoms with Crippen molar-refractivity contribution in [3.63, 3.8) is 0 Å². The number of carbonyl (C=O) groups excluding carboxylic acids is 1. The fraction of sp³-hybridized carbons (Fsp3) is 0.409. The average molecular weight is 421 g/mol. The number of benzene rings is 2. The second-order valence-electron chi connectivity index (χ2n) is 7.40. The number of hydrogen-bond donors (Lipinski definition) is 0. The van der Waals surface area contributed by atoms with Crippen molar-refractivity contribution in [1.82, 2.24) is 4.90 Å². The maximum atomic E-state index is 13.3. The zero-order chi connectivity index (χ0) is 20.4. The molecule has 1 fully saturated rings. The lowest BCUT2D eigenvalue weighted by Gasteiger charge is -2.19. The monoisotopic (exact) mass is 421 g/mol. The highest BCUT2D eigenvalue weighted by molar-refractivity contribution is 7.99. The summed E-state index contributed by atoms with van der Waals surface area (Å²) >= 11 is 1.72. The molecule has 1 saturated heterocycles. The average Bonchev–Trinajstić information content (AvgIpc) is 3.20. The Balaban J connectivity index is 1.36. The van der Waals surface area contributed by atoms with Crippen LogP contribution in [0.3, 0.4) is 0 Å². The first-order chi connectivity index (χ1) is 13.9. The van der Waals surface area contributed by atoms with E-state index in [1.165, 1.54) is 6.07 Å². The normalized spacial score (nSPS) is 19.6. The van der Waals surface area contributed by atoms with Crippen LogP contribution < -0.4 is 4.74 Å². The zero-order valence-electron chi connectivity index (χ0n) is 15.9. The molecule has 4 rings (SSSR count). The van der Waals surface area contributed by atoms with Crippen LogP contribution in [0.4, 0.5) is 13.2 Å².